The lowest BCUT2D eigenvalue weighted by Crippen LogP contribution is -2.24. The third-order valence-corrected chi connectivity index (χ3v) is 2.96. The van der Waals surface area contributed by atoms with Gasteiger partial charge < -0.3 is 4.74 Å². The molecular formula is C17H17Br2NO2. The molecule has 5 heteroatoms. The summed E-state index contributed by atoms with van der Waals surface area (Å²) >= 11 is 5.60. The number of terminal acetylenes is 5. The molecule has 22 heavy (non-hydrogen) atoms. The van der Waals surface area contributed by atoms with E-state index in [0.717, 1.165) is 0 Å². The maximum Gasteiger partial charge on any atom is 0.208 e. The fourth-order valence-corrected chi connectivity index (χ4v) is 0.724. The third kappa shape index (κ3) is 31.0. The first kappa shape index (κ1) is 25.3. The number of carbonyl (C=O) groups is 1. The van der Waals surface area contributed by atoms with Crippen molar-refractivity contribution in [3.05, 3.63) is 0 Å². The second kappa shape index (κ2) is 24.4. The summed E-state index contributed by atoms with van der Waals surface area (Å²) in [5, 5.41) is 0.396. The Morgan fingerprint density at radius 3 is 1.36 bits per heavy atom. The minimum atomic E-state index is -0.0162. The van der Waals surface area contributed by atoms with E-state index in [9.17, 15) is 4.79 Å². The van der Waals surface area contributed by atoms with Crippen LogP contribution in [-0.2, 0) is 9.53 Å². The van der Waals surface area contributed by atoms with Crippen molar-refractivity contribution in [3.63, 3.8) is 0 Å². The highest BCUT2D eigenvalue weighted by molar-refractivity contribution is 9.19. The molecule has 0 atom stereocenters. The number of alkyl halides is 1. The van der Waals surface area contributed by atoms with Gasteiger partial charge in [0.1, 0.15) is 13.2 Å². The first-order valence-electron chi connectivity index (χ1n) is 5.75. The van der Waals surface area contributed by atoms with Crippen molar-refractivity contribution >= 4 is 36.6 Å². The summed E-state index contributed by atoms with van der Waals surface area (Å²) in [5.41, 5.74) is 0. The molecule has 0 aliphatic heterocycles. The summed E-state index contributed by atoms with van der Waals surface area (Å²) < 4.78 is 4.64. The van der Waals surface area contributed by atoms with Crippen LogP contribution in [0.15, 0.2) is 0 Å². The maximum atomic E-state index is 9.68. The predicted molar refractivity (Wildman–Crippen MR) is 99.2 cm³/mol. The Bertz CT molecular complexity index is 429. The fraction of sp³-hybridized carbons (Fsp3) is 0.353. The minimum absolute atomic E-state index is 0.0162. The Kier molecular flexibility index (Phi) is 28.0. The number of carbonyl (C=O) groups excluding carboxylic acids is 1. The van der Waals surface area contributed by atoms with Crippen LogP contribution < -0.4 is 0 Å². The van der Waals surface area contributed by atoms with Crippen molar-refractivity contribution in [1.82, 2.24) is 4.90 Å². The van der Waals surface area contributed by atoms with Crippen molar-refractivity contribution < 1.29 is 9.53 Å². The van der Waals surface area contributed by atoms with Crippen LogP contribution in [0.4, 0.5) is 0 Å². The molecule has 3 nitrogen and oxygen atoms in total. The van der Waals surface area contributed by atoms with E-state index in [1.54, 1.807) is 0 Å². The third-order valence-electron chi connectivity index (χ3n) is 1.42. The first-order valence-corrected chi connectivity index (χ1v) is 7.67. The summed E-state index contributed by atoms with van der Waals surface area (Å²) in [5.74, 6) is 12.0. The lowest BCUT2D eigenvalue weighted by molar-refractivity contribution is -0.108. The van der Waals surface area contributed by atoms with Gasteiger partial charge in [0.05, 0.1) is 25.0 Å². The van der Waals surface area contributed by atoms with Gasteiger partial charge in [-0.25, -0.2) is 0 Å². The van der Waals surface area contributed by atoms with E-state index in [0.29, 0.717) is 38.2 Å². The van der Waals surface area contributed by atoms with Crippen molar-refractivity contribution in [2.45, 2.75) is 0 Å². The quantitative estimate of drug-likeness (QED) is 0.280. The number of hydrogen-bond acceptors (Lipinski definition) is 3. The molecule has 0 fully saturated rings. The van der Waals surface area contributed by atoms with Gasteiger partial charge in [-0.1, -0.05) is 45.5 Å². The summed E-state index contributed by atoms with van der Waals surface area (Å²) in [4.78, 5) is 11.5. The number of ether oxygens (including phenoxy) is 1. The lowest BCUT2D eigenvalue weighted by atomic mass is 10.4. The normalized spacial score (nSPS) is 7.36. The zero-order chi connectivity index (χ0) is 17.6. The molecule has 0 unspecified atom stereocenters. The summed E-state index contributed by atoms with van der Waals surface area (Å²) in [6, 6.07) is 0. The van der Waals surface area contributed by atoms with Gasteiger partial charge in [-0.05, 0) is 15.9 Å². The van der Waals surface area contributed by atoms with Crippen LogP contribution in [-0.4, -0.2) is 47.8 Å². The highest BCUT2D eigenvalue weighted by Gasteiger charge is 1.95. The molecule has 0 amide bonds. The molecule has 0 radical (unpaired) electrons. The van der Waals surface area contributed by atoms with Crippen molar-refractivity contribution in [2.24, 2.45) is 0 Å². The Morgan fingerprint density at radius 1 is 0.864 bits per heavy atom. The van der Waals surface area contributed by atoms with Gasteiger partial charge in [0.2, 0.25) is 4.69 Å². The molecule has 0 heterocycles. The first-order chi connectivity index (χ1) is 10.5. The van der Waals surface area contributed by atoms with Crippen LogP contribution in [0.25, 0.3) is 0 Å². The average Bonchev–Trinajstić information content (AvgIpc) is 2.50. The average molecular weight is 427 g/mol. The molecule has 0 bridgehead atoms. The minimum Gasteiger partial charge on any atom is -0.356 e. The second-order valence-corrected chi connectivity index (χ2v) is 4.59. The van der Waals surface area contributed by atoms with Crippen LogP contribution in [0.5, 0.6) is 0 Å². The van der Waals surface area contributed by atoms with E-state index >= 15 is 0 Å². The summed E-state index contributed by atoms with van der Waals surface area (Å²) in [7, 11) is 0. The zero-order valence-corrected chi connectivity index (χ0v) is 15.3. The molecule has 0 saturated heterocycles. The van der Waals surface area contributed by atoms with Crippen LogP contribution in [0.3, 0.4) is 0 Å². The van der Waals surface area contributed by atoms with E-state index in [4.69, 9.17) is 32.1 Å². The van der Waals surface area contributed by atoms with Crippen LogP contribution in [0, 0.1) is 61.7 Å². The highest BCUT2D eigenvalue weighted by atomic mass is 79.9. The topological polar surface area (TPSA) is 29.5 Å². The van der Waals surface area contributed by atoms with E-state index in [-0.39, 0.29) is 4.69 Å². The molecule has 0 aromatic rings. The van der Waals surface area contributed by atoms with Gasteiger partial charge in [0, 0.05) is 0 Å². The van der Waals surface area contributed by atoms with E-state index in [2.05, 4.69) is 66.2 Å². The number of hydrogen-bond donors (Lipinski definition) is 0. The maximum absolute atomic E-state index is 9.68. The molecule has 0 spiro atoms. The number of nitrogens with zero attached hydrogens (tertiary/aromatic N) is 1. The Morgan fingerprint density at radius 2 is 1.18 bits per heavy atom. The van der Waals surface area contributed by atoms with Gasteiger partial charge in [-0.15, -0.1) is 32.1 Å². The van der Waals surface area contributed by atoms with Gasteiger partial charge >= 0.3 is 0 Å². The van der Waals surface area contributed by atoms with Crippen LogP contribution in [0.1, 0.15) is 0 Å². The van der Waals surface area contributed by atoms with E-state index in [1.807, 2.05) is 4.90 Å². The Balaban J connectivity index is -0.000000263. The van der Waals surface area contributed by atoms with Crippen molar-refractivity contribution in [2.75, 3.05) is 38.2 Å². The summed E-state index contributed by atoms with van der Waals surface area (Å²) in [6.07, 6.45) is 24.8. The Hall–Kier alpha value is -1.65. The second-order valence-electron chi connectivity index (χ2n) is 3.15. The Labute approximate surface area is 150 Å². The molecule has 0 aliphatic carbocycles. The smallest absolute Gasteiger partial charge is 0.208 e. The summed E-state index contributed by atoms with van der Waals surface area (Å²) in [6.45, 7) is 2.19. The standard InChI is InChI=1S/C9H9N.C6H6O.C2H2Br2O/c1-4-7-10(8-5-2)9-6-3;1-3-5-7-6-4-2;3-1-2(4)5/h1-3H,7-9H2;1-2H,5-6H2;1H2. The van der Waals surface area contributed by atoms with E-state index in [1.165, 1.54) is 0 Å². The van der Waals surface area contributed by atoms with E-state index < -0.39 is 0 Å². The highest BCUT2D eigenvalue weighted by Crippen LogP contribution is 1.87. The lowest BCUT2D eigenvalue weighted by Gasteiger charge is -2.11. The molecule has 0 aliphatic rings. The SMILES string of the molecule is C#CCN(CC#C)CC#C.C#CCOCC#C.O=C(Br)CBr. The molecule has 0 saturated carbocycles. The predicted octanol–water partition coefficient (Wildman–Crippen LogP) is 1.76. The van der Waals surface area contributed by atoms with Crippen molar-refractivity contribution in [1.29, 1.82) is 0 Å². The molecule has 0 N–H and O–H groups in total. The fourth-order valence-electron chi connectivity index (χ4n) is 0.724. The van der Waals surface area contributed by atoms with Crippen LogP contribution in [0.2, 0.25) is 0 Å². The van der Waals surface area contributed by atoms with Gasteiger partial charge in [0.15, 0.2) is 0 Å². The number of rotatable bonds is 6. The van der Waals surface area contributed by atoms with Crippen LogP contribution >= 0.6 is 31.9 Å². The zero-order valence-electron chi connectivity index (χ0n) is 12.1. The molecule has 0 rings (SSSR count). The van der Waals surface area contributed by atoms with Crippen molar-refractivity contribution in [3.8, 4) is 61.7 Å². The monoisotopic (exact) mass is 425 g/mol. The molecule has 0 aromatic heterocycles. The van der Waals surface area contributed by atoms with Gasteiger partial charge in [-0.3, -0.25) is 9.69 Å². The van der Waals surface area contributed by atoms with Gasteiger partial charge in [-0.2, -0.15) is 0 Å². The molecule has 116 valence electrons. The molecular weight excluding hydrogens is 410 g/mol. The van der Waals surface area contributed by atoms with Gasteiger partial charge in [0.25, 0.3) is 0 Å². The molecule has 0 aromatic carbocycles. The largest absolute Gasteiger partial charge is 0.356 e. The number of halogens is 2.